The Bertz CT molecular complexity index is 107. The standard InChI is InChI=1S/C7H17N3/c1-6(2)4-7(8)10-5-9-3/h6,9H,4-5H2,1-3H3,(H2,8,10). The Labute approximate surface area is 62.7 Å². The minimum absolute atomic E-state index is 0.598. The van der Waals surface area contributed by atoms with E-state index in [2.05, 4.69) is 24.2 Å². The van der Waals surface area contributed by atoms with Crippen molar-refractivity contribution >= 4 is 5.84 Å². The minimum atomic E-state index is 0.598. The van der Waals surface area contributed by atoms with Gasteiger partial charge in [-0.25, -0.2) is 0 Å². The van der Waals surface area contributed by atoms with Gasteiger partial charge in [0.2, 0.25) is 0 Å². The Balaban J connectivity index is 3.49. The molecule has 0 spiro atoms. The van der Waals surface area contributed by atoms with Crippen molar-refractivity contribution in [1.29, 1.82) is 0 Å². The van der Waals surface area contributed by atoms with Crippen LogP contribution in [-0.4, -0.2) is 19.6 Å². The van der Waals surface area contributed by atoms with Crippen LogP contribution in [0.2, 0.25) is 0 Å². The molecular weight excluding hydrogens is 126 g/mol. The number of hydrogen-bond acceptors (Lipinski definition) is 2. The molecule has 0 fully saturated rings. The lowest BCUT2D eigenvalue weighted by molar-refractivity contribution is 0.676. The van der Waals surface area contributed by atoms with Gasteiger partial charge in [0.05, 0.1) is 12.5 Å². The molecule has 0 rings (SSSR count). The van der Waals surface area contributed by atoms with Gasteiger partial charge in [-0.15, -0.1) is 0 Å². The molecule has 3 nitrogen and oxygen atoms in total. The van der Waals surface area contributed by atoms with Gasteiger partial charge >= 0.3 is 0 Å². The molecule has 0 heterocycles. The molecule has 0 aromatic heterocycles. The predicted molar refractivity (Wildman–Crippen MR) is 45.0 cm³/mol. The maximum absolute atomic E-state index is 5.57. The summed E-state index contributed by atoms with van der Waals surface area (Å²) in [4.78, 5) is 4.07. The van der Waals surface area contributed by atoms with E-state index < -0.39 is 0 Å². The third-order valence-corrected chi connectivity index (χ3v) is 1.06. The van der Waals surface area contributed by atoms with E-state index in [1.165, 1.54) is 0 Å². The number of amidine groups is 1. The summed E-state index contributed by atoms with van der Waals surface area (Å²) in [6.45, 7) is 4.88. The highest BCUT2D eigenvalue weighted by molar-refractivity contribution is 5.80. The third kappa shape index (κ3) is 5.56. The summed E-state index contributed by atoms with van der Waals surface area (Å²) in [6.07, 6.45) is 0.891. The van der Waals surface area contributed by atoms with E-state index in [1.54, 1.807) is 0 Å². The molecule has 0 aliphatic heterocycles. The molecule has 0 radical (unpaired) electrons. The Morgan fingerprint density at radius 2 is 2.20 bits per heavy atom. The van der Waals surface area contributed by atoms with Crippen molar-refractivity contribution in [3.05, 3.63) is 0 Å². The Morgan fingerprint density at radius 3 is 2.60 bits per heavy atom. The third-order valence-electron chi connectivity index (χ3n) is 1.06. The normalized spacial score (nSPS) is 12.6. The van der Waals surface area contributed by atoms with Gasteiger partial charge in [0.15, 0.2) is 0 Å². The molecule has 0 atom stereocenters. The van der Waals surface area contributed by atoms with Gasteiger partial charge in [-0.3, -0.25) is 4.99 Å². The van der Waals surface area contributed by atoms with Crippen LogP contribution in [0.4, 0.5) is 0 Å². The predicted octanol–water partition coefficient (Wildman–Crippen LogP) is 0.567. The summed E-state index contributed by atoms with van der Waals surface area (Å²) in [7, 11) is 1.85. The summed E-state index contributed by atoms with van der Waals surface area (Å²) in [5, 5.41) is 2.90. The number of aliphatic imine (C=N–C) groups is 1. The topological polar surface area (TPSA) is 50.4 Å². The lowest BCUT2D eigenvalue weighted by atomic mass is 10.1. The smallest absolute Gasteiger partial charge is 0.0955 e. The number of nitrogens with two attached hydrogens (primary N) is 1. The average Bonchev–Trinajstić information content (AvgIpc) is 1.82. The van der Waals surface area contributed by atoms with Crippen molar-refractivity contribution < 1.29 is 0 Å². The molecule has 3 heteroatoms. The molecule has 60 valence electrons. The fraction of sp³-hybridized carbons (Fsp3) is 0.857. The van der Waals surface area contributed by atoms with Crippen LogP contribution < -0.4 is 11.1 Å². The van der Waals surface area contributed by atoms with E-state index in [4.69, 9.17) is 5.73 Å². The van der Waals surface area contributed by atoms with Crippen LogP contribution in [0.25, 0.3) is 0 Å². The highest BCUT2D eigenvalue weighted by Gasteiger charge is 1.95. The summed E-state index contributed by atoms with van der Waals surface area (Å²) < 4.78 is 0. The van der Waals surface area contributed by atoms with Gasteiger partial charge in [0.1, 0.15) is 0 Å². The molecule has 0 unspecified atom stereocenters. The van der Waals surface area contributed by atoms with Crippen LogP contribution in [0, 0.1) is 5.92 Å². The van der Waals surface area contributed by atoms with Crippen LogP contribution in [0.1, 0.15) is 20.3 Å². The van der Waals surface area contributed by atoms with Gasteiger partial charge in [0, 0.05) is 6.42 Å². The lowest BCUT2D eigenvalue weighted by Gasteiger charge is -2.02. The van der Waals surface area contributed by atoms with Crippen LogP contribution >= 0.6 is 0 Å². The molecule has 10 heavy (non-hydrogen) atoms. The first-order chi connectivity index (χ1) is 4.66. The first-order valence-corrected chi connectivity index (χ1v) is 3.60. The van der Waals surface area contributed by atoms with Crippen LogP contribution in [0.3, 0.4) is 0 Å². The zero-order valence-electron chi connectivity index (χ0n) is 7.02. The zero-order chi connectivity index (χ0) is 7.98. The minimum Gasteiger partial charge on any atom is -0.387 e. The van der Waals surface area contributed by atoms with Crippen molar-refractivity contribution in [2.24, 2.45) is 16.6 Å². The van der Waals surface area contributed by atoms with E-state index in [-0.39, 0.29) is 0 Å². The number of nitrogens with one attached hydrogen (secondary N) is 1. The van der Waals surface area contributed by atoms with Gasteiger partial charge in [0.25, 0.3) is 0 Å². The van der Waals surface area contributed by atoms with E-state index >= 15 is 0 Å². The van der Waals surface area contributed by atoms with E-state index in [0.717, 1.165) is 12.3 Å². The average molecular weight is 143 g/mol. The SMILES string of the molecule is CNCN=C(N)CC(C)C. The largest absolute Gasteiger partial charge is 0.387 e. The molecule has 0 saturated carbocycles. The highest BCUT2D eigenvalue weighted by Crippen LogP contribution is 1.97. The Kier molecular flexibility index (Phi) is 4.94. The van der Waals surface area contributed by atoms with Crippen molar-refractivity contribution in [3.63, 3.8) is 0 Å². The summed E-state index contributed by atoms with van der Waals surface area (Å²) >= 11 is 0. The molecule has 0 aromatic rings. The molecule has 0 aromatic carbocycles. The molecule has 0 aliphatic carbocycles. The maximum Gasteiger partial charge on any atom is 0.0955 e. The van der Waals surface area contributed by atoms with E-state index in [0.29, 0.717) is 12.6 Å². The summed E-state index contributed by atoms with van der Waals surface area (Å²) in [5.41, 5.74) is 5.57. The van der Waals surface area contributed by atoms with Gasteiger partial charge in [-0.05, 0) is 13.0 Å². The highest BCUT2D eigenvalue weighted by atomic mass is 15.0. The molecular formula is C7H17N3. The van der Waals surface area contributed by atoms with E-state index in [1.807, 2.05) is 7.05 Å². The summed E-state index contributed by atoms with van der Waals surface area (Å²) in [6, 6.07) is 0. The van der Waals surface area contributed by atoms with Crippen LogP contribution in [0.15, 0.2) is 4.99 Å². The lowest BCUT2D eigenvalue weighted by Crippen LogP contribution is -2.17. The van der Waals surface area contributed by atoms with Gasteiger partial charge < -0.3 is 11.1 Å². The first-order valence-electron chi connectivity index (χ1n) is 3.60. The maximum atomic E-state index is 5.57. The molecule has 3 N–H and O–H groups in total. The fourth-order valence-electron chi connectivity index (χ4n) is 0.663. The molecule has 0 saturated heterocycles. The van der Waals surface area contributed by atoms with Crippen molar-refractivity contribution in [1.82, 2.24) is 5.32 Å². The van der Waals surface area contributed by atoms with E-state index in [9.17, 15) is 0 Å². The number of hydrogen-bond donors (Lipinski definition) is 2. The molecule has 0 aliphatic rings. The van der Waals surface area contributed by atoms with Crippen molar-refractivity contribution in [2.75, 3.05) is 13.7 Å². The fourth-order valence-corrected chi connectivity index (χ4v) is 0.663. The second kappa shape index (κ2) is 5.23. The first kappa shape index (κ1) is 9.43. The number of nitrogens with zero attached hydrogens (tertiary/aromatic N) is 1. The quantitative estimate of drug-likeness (QED) is 0.446. The molecule has 0 amide bonds. The van der Waals surface area contributed by atoms with Gasteiger partial charge in [-0.1, -0.05) is 13.8 Å². The Hall–Kier alpha value is -0.570. The monoisotopic (exact) mass is 143 g/mol. The number of rotatable bonds is 4. The van der Waals surface area contributed by atoms with Crippen LogP contribution in [-0.2, 0) is 0 Å². The second-order valence-electron chi connectivity index (χ2n) is 2.76. The zero-order valence-corrected chi connectivity index (χ0v) is 7.02. The van der Waals surface area contributed by atoms with Crippen molar-refractivity contribution in [2.45, 2.75) is 20.3 Å². The van der Waals surface area contributed by atoms with Crippen molar-refractivity contribution in [3.8, 4) is 0 Å². The molecule has 0 bridgehead atoms. The van der Waals surface area contributed by atoms with Gasteiger partial charge in [-0.2, -0.15) is 0 Å². The van der Waals surface area contributed by atoms with Crippen LogP contribution in [0.5, 0.6) is 0 Å². The summed E-state index contributed by atoms with van der Waals surface area (Å²) in [5.74, 6) is 1.34. The second-order valence-corrected chi connectivity index (χ2v) is 2.76. The Morgan fingerprint density at radius 1 is 1.60 bits per heavy atom.